The Bertz CT molecular complexity index is 284. The number of hydrogen-bond donors (Lipinski definition) is 0. The number of alkyl halides is 1. The fourth-order valence-corrected chi connectivity index (χ4v) is 2.36. The molecule has 13 heavy (non-hydrogen) atoms. The van der Waals surface area contributed by atoms with E-state index in [0.717, 1.165) is 30.9 Å². The lowest BCUT2D eigenvalue weighted by atomic mass is 10.0. The zero-order chi connectivity index (χ0) is 9.26. The molecular formula is C9H14ClN3. The molecule has 0 amide bonds. The lowest BCUT2D eigenvalue weighted by Crippen LogP contribution is -2.00. The van der Waals surface area contributed by atoms with Crippen LogP contribution in [0.1, 0.15) is 25.0 Å². The summed E-state index contributed by atoms with van der Waals surface area (Å²) in [5.74, 6) is 0.721. The first-order valence-corrected chi connectivity index (χ1v) is 5.17. The van der Waals surface area contributed by atoms with E-state index in [1.165, 1.54) is 6.42 Å². The van der Waals surface area contributed by atoms with Crippen molar-refractivity contribution in [2.45, 2.75) is 31.1 Å². The van der Waals surface area contributed by atoms with Gasteiger partial charge < -0.3 is 0 Å². The average molecular weight is 200 g/mol. The largest absolute Gasteiger partial charge is 0.255 e. The normalized spacial score (nSPS) is 28.2. The van der Waals surface area contributed by atoms with Gasteiger partial charge >= 0.3 is 0 Å². The molecule has 1 aliphatic carbocycles. The summed E-state index contributed by atoms with van der Waals surface area (Å²) in [5.41, 5.74) is 1.10. The molecule has 2 rings (SSSR count). The molecule has 0 saturated heterocycles. The number of halogens is 1. The first-order chi connectivity index (χ1) is 6.24. The molecule has 0 spiro atoms. The molecule has 3 nitrogen and oxygen atoms in total. The van der Waals surface area contributed by atoms with Crippen LogP contribution in [0.25, 0.3) is 0 Å². The Balaban J connectivity index is 1.91. The maximum Gasteiger partial charge on any atom is 0.0829 e. The average Bonchev–Trinajstić information content (AvgIpc) is 2.62. The highest BCUT2D eigenvalue weighted by molar-refractivity contribution is 6.20. The van der Waals surface area contributed by atoms with Crippen LogP contribution in [-0.4, -0.2) is 20.4 Å². The van der Waals surface area contributed by atoms with Gasteiger partial charge in [0.2, 0.25) is 0 Å². The van der Waals surface area contributed by atoms with E-state index in [4.69, 9.17) is 11.6 Å². The number of aromatic nitrogens is 3. The molecule has 1 aromatic heterocycles. The van der Waals surface area contributed by atoms with Crippen molar-refractivity contribution in [2.24, 2.45) is 13.0 Å². The Morgan fingerprint density at radius 3 is 3.00 bits per heavy atom. The number of nitrogens with zero attached hydrogens (tertiary/aromatic N) is 3. The van der Waals surface area contributed by atoms with Gasteiger partial charge in [0.15, 0.2) is 0 Å². The van der Waals surface area contributed by atoms with E-state index in [0.29, 0.717) is 5.38 Å². The Morgan fingerprint density at radius 1 is 1.62 bits per heavy atom. The summed E-state index contributed by atoms with van der Waals surface area (Å²) in [7, 11) is 1.90. The van der Waals surface area contributed by atoms with Gasteiger partial charge in [-0.1, -0.05) is 5.21 Å². The summed E-state index contributed by atoms with van der Waals surface area (Å²) >= 11 is 6.04. The van der Waals surface area contributed by atoms with Gasteiger partial charge in [0, 0.05) is 18.6 Å². The van der Waals surface area contributed by atoms with Crippen molar-refractivity contribution in [3.8, 4) is 0 Å². The quantitative estimate of drug-likeness (QED) is 0.680. The summed E-state index contributed by atoms with van der Waals surface area (Å²) in [6.07, 6.45) is 6.56. The lowest BCUT2D eigenvalue weighted by Gasteiger charge is -2.04. The van der Waals surface area contributed by atoms with E-state index in [1.807, 2.05) is 13.2 Å². The highest BCUT2D eigenvalue weighted by Crippen LogP contribution is 2.31. The number of rotatable bonds is 2. The second kappa shape index (κ2) is 3.66. The zero-order valence-corrected chi connectivity index (χ0v) is 8.54. The van der Waals surface area contributed by atoms with Crippen molar-refractivity contribution >= 4 is 11.6 Å². The summed E-state index contributed by atoms with van der Waals surface area (Å²) < 4.78 is 1.75. The molecule has 0 aromatic carbocycles. The van der Waals surface area contributed by atoms with Crippen molar-refractivity contribution in [3.05, 3.63) is 11.9 Å². The Labute approximate surface area is 83.1 Å². The minimum atomic E-state index is 0.390. The van der Waals surface area contributed by atoms with Gasteiger partial charge in [0.05, 0.1) is 5.69 Å². The molecule has 1 aliphatic rings. The number of hydrogen-bond acceptors (Lipinski definition) is 2. The Morgan fingerprint density at radius 2 is 2.46 bits per heavy atom. The van der Waals surface area contributed by atoms with Crippen molar-refractivity contribution in [3.63, 3.8) is 0 Å². The zero-order valence-electron chi connectivity index (χ0n) is 7.78. The number of aryl methyl sites for hydroxylation is 1. The standard InChI is InChI=1S/C9H14ClN3/c1-13-6-9(11-12-13)5-7-2-3-8(10)4-7/h6-8H,2-5H2,1H3. The minimum absolute atomic E-state index is 0.390. The molecule has 0 aliphatic heterocycles. The maximum absolute atomic E-state index is 6.04. The van der Waals surface area contributed by atoms with Crippen LogP contribution in [-0.2, 0) is 13.5 Å². The van der Waals surface area contributed by atoms with Crippen LogP contribution >= 0.6 is 11.6 Å². The second-order valence-corrected chi connectivity index (χ2v) is 4.48. The molecule has 0 bridgehead atoms. The third kappa shape index (κ3) is 2.21. The van der Waals surface area contributed by atoms with Gasteiger partial charge in [-0.25, -0.2) is 0 Å². The van der Waals surface area contributed by atoms with Gasteiger partial charge in [0.25, 0.3) is 0 Å². The van der Waals surface area contributed by atoms with Crippen LogP contribution in [0.4, 0.5) is 0 Å². The van der Waals surface area contributed by atoms with Crippen molar-refractivity contribution in [1.29, 1.82) is 0 Å². The maximum atomic E-state index is 6.04. The van der Waals surface area contributed by atoms with E-state index in [-0.39, 0.29) is 0 Å². The molecule has 0 N–H and O–H groups in total. The van der Waals surface area contributed by atoms with Crippen molar-refractivity contribution in [2.75, 3.05) is 0 Å². The fourth-order valence-electron chi connectivity index (χ4n) is 1.98. The Hall–Kier alpha value is -0.570. The molecule has 2 unspecified atom stereocenters. The summed E-state index contributed by atoms with van der Waals surface area (Å²) in [6.45, 7) is 0. The van der Waals surface area contributed by atoms with E-state index in [1.54, 1.807) is 4.68 Å². The molecule has 1 fully saturated rings. The molecule has 2 atom stereocenters. The molecule has 1 heterocycles. The second-order valence-electron chi connectivity index (χ2n) is 3.86. The molecule has 1 saturated carbocycles. The van der Waals surface area contributed by atoms with Crippen LogP contribution in [0.2, 0.25) is 0 Å². The summed E-state index contributed by atoms with van der Waals surface area (Å²) in [6, 6.07) is 0. The highest BCUT2D eigenvalue weighted by Gasteiger charge is 2.23. The van der Waals surface area contributed by atoms with E-state index in [9.17, 15) is 0 Å². The predicted octanol–water partition coefficient (Wildman–Crippen LogP) is 1.77. The molecule has 1 aromatic rings. The SMILES string of the molecule is Cn1cc(CC2CCC(Cl)C2)nn1. The van der Waals surface area contributed by atoms with Crippen LogP contribution in [0.3, 0.4) is 0 Å². The van der Waals surface area contributed by atoms with Crippen LogP contribution in [0.5, 0.6) is 0 Å². The van der Waals surface area contributed by atoms with Gasteiger partial charge in [-0.15, -0.1) is 16.7 Å². The monoisotopic (exact) mass is 199 g/mol. The third-order valence-corrected chi connectivity index (χ3v) is 3.02. The lowest BCUT2D eigenvalue weighted by molar-refractivity contribution is 0.539. The first-order valence-electron chi connectivity index (χ1n) is 4.73. The smallest absolute Gasteiger partial charge is 0.0829 e. The first kappa shape index (κ1) is 9.00. The third-order valence-electron chi connectivity index (χ3n) is 2.63. The minimum Gasteiger partial charge on any atom is -0.255 e. The summed E-state index contributed by atoms with van der Waals surface area (Å²) in [4.78, 5) is 0. The summed E-state index contributed by atoms with van der Waals surface area (Å²) in [5, 5.41) is 8.38. The Kier molecular flexibility index (Phi) is 2.54. The van der Waals surface area contributed by atoms with Crippen molar-refractivity contribution in [1.82, 2.24) is 15.0 Å². The van der Waals surface area contributed by atoms with Crippen LogP contribution < -0.4 is 0 Å². The van der Waals surface area contributed by atoms with Crippen LogP contribution in [0, 0.1) is 5.92 Å². The van der Waals surface area contributed by atoms with Crippen molar-refractivity contribution < 1.29 is 0 Å². The van der Waals surface area contributed by atoms with Gasteiger partial charge in [-0.2, -0.15) is 0 Å². The van der Waals surface area contributed by atoms with E-state index in [2.05, 4.69) is 10.3 Å². The molecule has 4 heteroatoms. The molecule has 72 valence electrons. The van der Waals surface area contributed by atoms with Gasteiger partial charge in [0.1, 0.15) is 0 Å². The van der Waals surface area contributed by atoms with Crippen LogP contribution in [0.15, 0.2) is 6.20 Å². The van der Waals surface area contributed by atoms with E-state index >= 15 is 0 Å². The highest BCUT2D eigenvalue weighted by atomic mass is 35.5. The van der Waals surface area contributed by atoms with E-state index < -0.39 is 0 Å². The van der Waals surface area contributed by atoms with Gasteiger partial charge in [-0.05, 0) is 31.6 Å². The molecular weight excluding hydrogens is 186 g/mol. The topological polar surface area (TPSA) is 30.7 Å². The fraction of sp³-hybridized carbons (Fsp3) is 0.778. The predicted molar refractivity (Wildman–Crippen MR) is 51.7 cm³/mol. The molecule has 0 radical (unpaired) electrons. The van der Waals surface area contributed by atoms with Gasteiger partial charge in [-0.3, -0.25) is 4.68 Å².